The number of fused-ring (bicyclic) bond motifs is 1. The van der Waals surface area contributed by atoms with Crippen LogP contribution in [0.5, 0.6) is 5.75 Å². The molecule has 0 aromatic heterocycles. The first-order chi connectivity index (χ1) is 14.2. The van der Waals surface area contributed by atoms with Crippen molar-refractivity contribution in [3.63, 3.8) is 0 Å². The standard InChI is InChI=1S/C22H23N3O5/c1-14(2)13-24-19-10-7-17(12-20(19)30-15(3)22(24)27)23-21(26)11-6-16-4-8-18(9-5-16)25(28)29/h4-12,14-15H,13H2,1-3H3,(H,23,26)/b11-6+. The zero-order valence-corrected chi connectivity index (χ0v) is 17.0. The molecule has 0 spiro atoms. The van der Waals surface area contributed by atoms with Gasteiger partial charge in [0, 0.05) is 36.5 Å². The van der Waals surface area contributed by atoms with E-state index in [9.17, 15) is 19.7 Å². The van der Waals surface area contributed by atoms with E-state index in [1.54, 1.807) is 48.2 Å². The van der Waals surface area contributed by atoms with Gasteiger partial charge in [-0.2, -0.15) is 0 Å². The summed E-state index contributed by atoms with van der Waals surface area (Å²) in [6.07, 6.45) is 2.32. The maximum atomic E-state index is 12.4. The molecule has 2 aromatic rings. The van der Waals surface area contributed by atoms with Gasteiger partial charge < -0.3 is 15.0 Å². The van der Waals surface area contributed by atoms with Crippen molar-refractivity contribution in [1.82, 2.24) is 0 Å². The molecule has 0 saturated carbocycles. The molecule has 1 aliphatic rings. The molecule has 2 amide bonds. The summed E-state index contributed by atoms with van der Waals surface area (Å²) in [5, 5.41) is 13.4. The molecule has 0 aliphatic carbocycles. The molecule has 3 rings (SSSR count). The Morgan fingerprint density at radius 3 is 2.60 bits per heavy atom. The molecule has 2 aromatic carbocycles. The first-order valence-electron chi connectivity index (χ1n) is 9.60. The maximum absolute atomic E-state index is 12.4. The topological polar surface area (TPSA) is 102 Å². The molecule has 1 unspecified atom stereocenters. The van der Waals surface area contributed by atoms with Crippen molar-refractivity contribution in [3.05, 3.63) is 64.2 Å². The van der Waals surface area contributed by atoms with Gasteiger partial charge in [-0.3, -0.25) is 19.7 Å². The number of nitro groups is 1. The van der Waals surface area contributed by atoms with Crippen molar-refractivity contribution in [3.8, 4) is 5.75 Å². The number of nitrogens with one attached hydrogen (secondary N) is 1. The molecule has 1 heterocycles. The number of benzene rings is 2. The molecule has 1 atom stereocenters. The van der Waals surface area contributed by atoms with E-state index in [0.717, 1.165) is 0 Å². The number of nitro benzene ring substituents is 1. The first-order valence-corrected chi connectivity index (χ1v) is 9.60. The molecule has 0 radical (unpaired) electrons. The highest BCUT2D eigenvalue weighted by Gasteiger charge is 2.31. The van der Waals surface area contributed by atoms with Crippen molar-refractivity contribution in [1.29, 1.82) is 0 Å². The van der Waals surface area contributed by atoms with Crippen LogP contribution in [0.15, 0.2) is 48.5 Å². The fourth-order valence-corrected chi connectivity index (χ4v) is 3.10. The SMILES string of the molecule is CC(C)CN1C(=O)C(C)Oc2cc(NC(=O)/C=C/c3ccc([N+](=O)[O-])cc3)ccc21. The fraction of sp³-hybridized carbons (Fsp3) is 0.273. The Morgan fingerprint density at radius 1 is 1.27 bits per heavy atom. The zero-order chi connectivity index (χ0) is 21.8. The Hall–Kier alpha value is -3.68. The molecule has 1 N–H and O–H groups in total. The summed E-state index contributed by atoms with van der Waals surface area (Å²) in [6, 6.07) is 11.1. The number of hydrogen-bond donors (Lipinski definition) is 1. The van der Waals surface area contributed by atoms with Crippen LogP contribution < -0.4 is 15.0 Å². The predicted molar refractivity (Wildman–Crippen MR) is 114 cm³/mol. The second-order valence-electron chi connectivity index (χ2n) is 7.46. The van der Waals surface area contributed by atoms with Gasteiger partial charge in [0.25, 0.3) is 11.6 Å². The molecule has 8 heteroatoms. The molecular formula is C22H23N3O5. The lowest BCUT2D eigenvalue weighted by atomic mass is 10.1. The highest BCUT2D eigenvalue weighted by molar-refractivity contribution is 6.03. The van der Waals surface area contributed by atoms with E-state index in [4.69, 9.17) is 4.74 Å². The van der Waals surface area contributed by atoms with Crippen LogP contribution in [-0.4, -0.2) is 29.4 Å². The number of carbonyl (C=O) groups is 2. The Balaban J connectivity index is 1.71. The predicted octanol–water partition coefficient (Wildman–Crippen LogP) is 4.02. The average molecular weight is 409 g/mol. The van der Waals surface area contributed by atoms with Crippen LogP contribution in [0, 0.1) is 16.0 Å². The van der Waals surface area contributed by atoms with E-state index in [2.05, 4.69) is 5.32 Å². The van der Waals surface area contributed by atoms with Gasteiger partial charge in [-0.05, 0) is 48.7 Å². The summed E-state index contributed by atoms with van der Waals surface area (Å²) in [4.78, 5) is 36.6. The number of hydrogen-bond acceptors (Lipinski definition) is 5. The van der Waals surface area contributed by atoms with Gasteiger partial charge in [0.05, 0.1) is 10.6 Å². The Kier molecular flexibility index (Phi) is 6.15. The van der Waals surface area contributed by atoms with Crippen LogP contribution in [0.1, 0.15) is 26.3 Å². The van der Waals surface area contributed by atoms with Crippen molar-refractivity contribution < 1.29 is 19.2 Å². The Morgan fingerprint density at radius 2 is 1.97 bits per heavy atom. The second kappa shape index (κ2) is 8.77. The van der Waals surface area contributed by atoms with Crippen molar-refractivity contribution in [2.24, 2.45) is 5.92 Å². The van der Waals surface area contributed by atoms with E-state index < -0.39 is 11.0 Å². The Bertz CT molecular complexity index is 998. The smallest absolute Gasteiger partial charge is 0.269 e. The van der Waals surface area contributed by atoms with Crippen molar-refractivity contribution in [2.75, 3.05) is 16.8 Å². The van der Waals surface area contributed by atoms with E-state index in [-0.39, 0.29) is 17.5 Å². The fourth-order valence-electron chi connectivity index (χ4n) is 3.10. The quantitative estimate of drug-likeness (QED) is 0.441. The minimum atomic E-state index is -0.593. The van der Waals surface area contributed by atoms with Crippen LogP contribution in [-0.2, 0) is 9.59 Å². The number of anilines is 2. The lowest BCUT2D eigenvalue weighted by Crippen LogP contribution is -2.46. The number of amides is 2. The van der Waals surface area contributed by atoms with E-state index >= 15 is 0 Å². The average Bonchev–Trinajstić information content (AvgIpc) is 2.70. The van der Waals surface area contributed by atoms with Crippen molar-refractivity contribution >= 4 is 35.0 Å². The van der Waals surface area contributed by atoms with Crippen LogP contribution in [0.2, 0.25) is 0 Å². The van der Waals surface area contributed by atoms with Crippen molar-refractivity contribution in [2.45, 2.75) is 26.9 Å². The summed E-state index contributed by atoms with van der Waals surface area (Å²) >= 11 is 0. The highest BCUT2D eigenvalue weighted by atomic mass is 16.6. The van der Waals surface area contributed by atoms with Gasteiger partial charge in [0.2, 0.25) is 5.91 Å². The van der Waals surface area contributed by atoms with E-state index in [1.165, 1.54) is 18.2 Å². The molecule has 8 nitrogen and oxygen atoms in total. The first kappa shape index (κ1) is 21.0. The van der Waals surface area contributed by atoms with Gasteiger partial charge in [0.15, 0.2) is 6.10 Å². The van der Waals surface area contributed by atoms with Gasteiger partial charge in [-0.1, -0.05) is 13.8 Å². The number of ether oxygens (including phenoxy) is 1. The van der Waals surface area contributed by atoms with Crippen LogP contribution in [0.3, 0.4) is 0 Å². The van der Waals surface area contributed by atoms with Crippen LogP contribution in [0.4, 0.5) is 17.1 Å². The van der Waals surface area contributed by atoms with Crippen LogP contribution >= 0.6 is 0 Å². The summed E-state index contributed by atoms with van der Waals surface area (Å²) in [7, 11) is 0. The number of carbonyl (C=O) groups excluding carboxylic acids is 2. The lowest BCUT2D eigenvalue weighted by molar-refractivity contribution is -0.384. The molecule has 1 aliphatic heterocycles. The summed E-state index contributed by atoms with van der Waals surface area (Å²) in [6.45, 7) is 6.37. The molecule has 156 valence electrons. The molecule has 0 bridgehead atoms. The van der Waals surface area contributed by atoms with Gasteiger partial charge in [-0.25, -0.2) is 0 Å². The molecule has 0 fully saturated rings. The van der Waals surface area contributed by atoms with Gasteiger partial charge in [-0.15, -0.1) is 0 Å². The minimum Gasteiger partial charge on any atom is -0.479 e. The third-order valence-electron chi connectivity index (χ3n) is 4.51. The summed E-state index contributed by atoms with van der Waals surface area (Å²) in [5.41, 5.74) is 1.88. The maximum Gasteiger partial charge on any atom is 0.269 e. The van der Waals surface area contributed by atoms with Gasteiger partial charge in [0.1, 0.15) is 5.75 Å². The summed E-state index contributed by atoms with van der Waals surface area (Å²) in [5.74, 6) is 0.405. The largest absolute Gasteiger partial charge is 0.479 e. The van der Waals surface area contributed by atoms with Gasteiger partial charge >= 0.3 is 0 Å². The Labute approximate surface area is 174 Å². The third-order valence-corrected chi connectivity index (χ3v) is 4.51. The lowest BCUT2D eigenvalue weighted by Gasteiger charge is -2.34. The minimum absolute atomic E-state index is 0.00937. The molecular weight excluding hydrogens is 386 g/mol. The second-order valence-corrected chi connectivity index (χ2v) is 7.46. The molecule has 30 heavy (non-hydrogen) atoms. The number of nitrogens with zero attached hydrogens (tertiary/aromatic N) is 2. The van der Waals surface area contributed by atoms with Crippen LogP contribution in [0.25, 0.3) is 6.08 Å². The normalized spacial score (nSPS) is 15.8. The zero-order valence-electron chi connectivity index (χ0n) is 17.0. The monoisotopic (exact) mass is 409 g/mol. The third kappa shape index (κ3) is 4.83. The van der Waals surface area contributed by atoms with E-state index in [1.807, 2.05) is 13.8 Å². The highest BCUT2D eigenvalue weighted by Crippen LogP contribution is 2.36. The molecule has 0 saturated heterocycles. The van der Waals surface area contributed by atoms with E-state index in [0.29, 0.717) is 35.2 Å². The summed E-state index contributed by atoms with van der Waals surface area (Å²) < 4.78 is 5.72. The number of rotatable bonds is 6. The number of non-ortho nitro benzene ring substituents is 1.